The summed E-state index contributed by atoms with van der Waals surface area (Å²) in [6.45, 7) is 0. The van der Waals surface area contributed by atoms with E-state index in [0.717, 1.165) is 0 Å². The molecule has 1 aromatic carbocycles. The van der Waals surface area contributed by atoms with Gasteiger partial charge in [-0.25, -0.2) is 9.59 Å². The highest BCUT2D eigenvalue weighted by molar-refractivity contribution is 6.35. The topological polar surface area (TPSA) is 103 Å². The van der Waals surface area contributed by atoms with Crippen molar-refractivity contribution in [3.8, 4) is 0 Å². The molecule has 0 radical (unpaired) electrons. The highest BCUT2D eigenvalue weighted by Crippen LogP contribution is 2.25. The van der Waals surface area contributed by atoms with Gasteiger partial charge in [0.1, 0.15) is 5.69 Å². The van der Waals surface area contributed by atoms with Crippen molar-refractivity contribution >= 4 is 35.1 Å². The number of aromatic carboxylic acids is 2. The number of halogens is 2. The number of nitrogens with one attached hydrogen (secondary N) is 1. The molecule has 0 saturated heterocycles. The lowest BCUT2D eigenvalue weighted by Crippen LogP contribution is -2.06. The Kier molecular flexibility index (Phi) is 3.96. The Bertz CT molecular complexity index is 665. The molecule has 0 saturated carbocycles. The summed E-state index contributed by atoms with van der Waals surface area (Å²) in [7, 11) is 0. The molecule has 3 N–H and O–H groups in total. The van der Waals surface area contributed by atoms with E-state index < -0.39 is 11.9 Å². The van der Waals surface area contributed by atoms with Gasteiger partial charge >= 0.3 is 11.9 Å². The van der Waals surface area contributed by atoms with E-state index in [1.165, 1.54) is 6.07 Å². The van der Waals surface area contributed by atoms with E-state index in [4.69, 9.17) is 33.4 Å². The van der Waals surface area contributed by atoms with E-state index in [1.807, 2.05) is 0 Å². The number of aromatic nitrogens is 2. The van der Waals surface area contributed by atoms with Crippen molar-refractivity contribution in [3.05, 3.63) is 50.8 Å². The minimum absolute atomic E-state index is 0.0236. The van der Waals surface area contributed by atoms with Crippen LogP contribution in [0.1, 0.15) is 32.1 Å². The van der Waals surface area contributed by atoms with Gasteiger partial charge in [-0.1, -0.05) is 29.3 Å². The molecule has 0 aliphatic rings. The SMILES string of the molecule is O=C(O)c1n[nH]c(C(=O)O)c1Cc1ccc(Cl)cc1Cl. The molecular weight excluding hydrogens is 307 g/mol. The predicted octanol–water partition coefficient (Wildman–Crippen LogP) is 2.70. The maximum absolute atomic E-state index is 11.1. The lowest BCUT2D eigenvalue weighted by Gasteiger charge is -2.05. The van der Waals surface area contributed by atoms with Gasteiger partial charge in [0.25, 0.3) is 0 Å². The molecule has 20 heavy (non-hydrogen) atoms. The van der Waals surface area contributed by atoms with Crippen LogP contribution in [0.2, 0.25) is 10.0 Å². The maximum atomic E-state index is 11.1. The number of aromatic amines is 1. The van der Waals surface area contributed by atoms with Gasteiger partial charge in [-0.15, -0.1) is 0 Å². The van der Waals surface area contributed by atoms with Crippen LogP contribution in [-0.4, -0.2) is 32.3 Å². The Morgan fingerprint density at radius 2 is 1.90 bits per heavy atom. The fourth-order valence-corrected chi connectivity index (χ4v) is 2.22. The number of carboxylic acid groups (broad SMARTS) is 2. The Morgan fingerprint density at radius 1 is 1.20 bits per heavy atom. The number of rotatable bonds is 4. The molecule has 0 unspecified atom stereocenters. The molecule has 0 aliphatic carbocycles. The first-order chi connectivity index (χ1) is 9.40. The smallest absolute Gasteiger partial charge is 0.356 e. The van der Waals surface area contributed by atoms with Gasteiger partial charge in [-0.2, -0.15) is 5.10 Å². The van der Waals surface area contributed by atoms with Crippen LogP contribution in [-0.2, 0) is 6.42 Å². The van der Waals surface area contributed by atoms with Crippen molar-refractivity contribution in [3.63, 3.8) is 0 Å². The molecule has 0 amide bonds. The van der Waals surface area contributed by atoms with Crippen LogP contribution in [0.4, 0.5) is 0 Å². The molecule has 2 aromatic rings. The predicted molar refractivity (Wildman–Crippen MR) is 71.8 cm³/mol. The summed E-state index contributed by atoms with van der Waals surface area (Å²) in [5.41, 5.74) is 0.0125. The van der Waals surface area contributed by atoms with E-state index in [9.17, 15) is 9.59 Å². The third-order valence-corrected chi connectivity index (χ3v) is 3.25. The molecule has 0 bridgehead atoms. The fourth-order valence-electron chi connectivity index (χ4n) is 1.75. The van der Waals surface area contributed by atoms with E-state index in [2.05, 4.69) is 10.2 Å². The highest BCUT2D eigenvalue weighted by Gasteiger charge is 2.23. The molecular formula is C12H8Cl2N2O4. The Labute approximate surface area is 122 Å². The van der Waals surface area contributed by atoms with Crippen LogP contribution < -0.4 is 0 Å². The molecule has 1 heterocycles. The first kappa shape index (κ1) is 14.4. The monoisotopic (exact) mass is 314 g/mol. The lowest BCUT2D eigenvalue weighted by molar-refractivity contribution is 0.0683. The van der Waals surface area contributed by atoms with Gasteiger partial charge < -0.3 is 10.2 Å². The largest absolute Gasteiger partial charge is 0.477 e. The molecule has 8 heteroatoms. The second kappa shape index (κ2) is 5.52. The summed E-state index contributed by atoms with van der Waals surface area (Å²) < 4.78 is 0. The van der Waals surface area contributed by atoms with E-state index in [-0.39, 0.29) is 23.4 Å². The quantitative estimate of drug-likeness (QED) is 0.805. The zero-order valence-electron chi connectivity index (χ0n) is 9.85. The summed E-state index contributed by atoms with van der Waals surface area (Å²) >= 11 is 11.8. The van der Waals surface area contributed by atoms with Gasteiger partial charge in [0.15, 0.2) is 5.69 Å². The fraction of sp³-hybridized carbons (Fsp3) is 0.0833. The number of carboxylic acids is 2. The molecule has 1 aromatic heterocycles. The van der Waals surface area contributed by atoms with Gasteiger partial charge in [0.05, 0.1) is 0 Å². The number of carbonyl (C=O) groups is 2. The molecule has 0 fully saturated rings. The second-order valence-electron chi connectivity index (χ2n) is 3.95. The average molecular weight is 315 g/mol. The first-order valence-corrected chi connectivity index (χ1v) is 6.13. The third kappa shape index (κ3) is 2.76. The summed E-state index contributed by atoms with van der Waals surface area (Å²) in [4.78, 5) is 22.1. The van der Waals surface area contributed by atoms with E-state index >= 15 is 0 Å². The van der Waals surface area contributed by atoms with E-state index in [0.29, 0.717) is 15.6 Å². The first-order valence-electron chi connectivity index (χ1n) is 5.38. The van der Waals surface area contributed by atoms with Crippen LogP contribution >= 0.6 is 23.2 Å². The minimum atomic E-state index is -1.31. The highest BCUT2D eigenvalue weighted by atomic mass is 35.5. The molecule has 6 nitrogen and oxygen atoms in total. The van der Waals surface area contributed by atoms with Crippen molar-refractivity contribution in [2.45, 2.75) is 6.42 Å². The zero-order chi connectivity index (χ0) is 14.9. The Hall–Kier alpha value is -2.05. The number of H-pyrrole nitrogens is 1. The Morgan fingerprint density at radius 3 is 2.45 bits per heavy atom. The number of benzene rings is 1. The molecule has 104 valence electrons. The number of hydrogen-bond donors (Lipinski definition) is 3. The van der Waals surface area contributed by atoms with Crippen molar-refractivity contribution in [2.24, 2.45) is 0 Å². The van der Waals surface area contributed by atoms with Crippen molar-refractivity contribution < 1.29 is 19.8 Å². The van der Waals surface area contributed by atoms with Gasteiger partial charge in [0.2, 0.25) is 0 Å². The number of hydrogen-bond acceptors (Lipinski definition) is 3. The summed E-state index contributed by atoms with van der Waals surface area (Å²) in [6.07, 6.45) is 0.0236. The summed E-state index contributed by atoms with van der Waals surface area (Å²) in [6, 6.07) is 4.69. The maximum Gasteiger partial charge on any atom is 0.356 e. The van der Waals surface area contributed by atoms with Crippen LogP contribution in [0.3, 0.4) is 0 Å². The number of nitrogens with zero attached hydrogens (tertiary/aromatic N) is 1. The van der Waals surface area contributed by atoms with E-state index in [1.54, 1.807) is 12.1 Å². The van der Waals surface area contributed by atoms with Crippen LogP contribution in [0.5, 0.6) is 0 Å². The third-order valence-electron chi connectivity index (χ3n) is 2.67. The van der Waals surface area contributed by atoms with Crippen molar-refractivity contribution in [2.75, 3.05) is 0 Å². The minimum Gasteiger partial charge on any atom is -0.477 e. The van der Waals surface area contributed by atoms with Gasteiger partial charge in [-0.3, -0.25) is 5.10 Å². The normalized spacial score (nSPS) is 10.5. The van der Waals surface area contributed by atoms with Gasteiger partial charge in [-0.05, 0) is 17.7 Å². The molecule has 0 atom stereocenters. The van der Waals surface area contributed by atoms with Gasteiger partial charge in [0, 0.05) is 22.0 Å². The molecule has 2 rings (SSSR count). The van der Waals surface area contributed by atoms with Crippen LogP contribution in [0.15, 0.2) is 18.2 Å². The van der Waals surface area contributed by atoms with Crippen molar-refractivity contribution in [1.82, 2.24) is 10.2 Å². The summed E-state index contributed by atoms with van der Waals surface area (Å²) in [5.74, 6) is -2.60. The Balaban J connectivity index is 2.48. The van der Waals surface area contributed by atoms with Crippen LogP contribution in [0.25, 0.3) is 0 Å². The molecule has 0 spiro atoms. The standard InChI is InChI=1S/C12H8Cl2N2O4/c13-6-2-1-5(8(14)4-6)3-7-9(11(17)18)15-16-10(7)12(19)20/h1-2,4H,3H2,(H,15,16)(H,17,18)(H,19,20). The molecule has 0 aliphatic heterocycles. The average Bonchev–Trinajstić information content (AvgIpc) is 2.76. The second-order valence-corrected chi connectivity index (χ2v) is 4.79. The van der Waals surface area contributed by atoms with Crippen molar-refractivity contribution in [1.29, 1.82) is 0 Å². The summed E-state index contributed by atoms with van der Waals surface area (Å²) in [5, 5.41) is 24.5. The lowest BCUT2D eigenvalue weighted by atomic mass is 10.0. The zero-order valence-corrected chi connectivity index (χ0v) is 11.4. The van der Waals surface area contributed by atoms with Crippen LogP contribution in [0, 0.1) is 0 Å².